The zero-order chi connectivity index (χ0) is 20.6. The molecule has 1 aromatic heterocycles. The van der Waals surface area contributed by atoms with E-state index >= 15 is 0 Å². The quantitative estimate of drug-likeness (QED) is 0.557. The van der Waals surface area contributed by atoms with Crippen molar-refractivity contribution in [2.45, 2.75) is 33.2 Å². The normalized spacial score (nSPS) is 11.5. The highest BCUT2D eigenvalue weighted by atomic mass is 16.4. The third kappa shape index (κ3) is 5.08. The molecule has 0 saturated heterocycles. The van der Waals surface area contributed by atoms with Crippen LogP contribution in [0.1, 0.15) is 41.4 Å². The van der Waals surface area contributed by atoms with Gasteiger partial charge in [-0.3, -0.25) is 0 Å². The van der Waals surface area contributed by atoms with E-state index in [0.717, 1.165) is 22.8 Å². The van der Waals surface area contributed by atoms with Gasteiger partial charge in [-0.2, -0.15) is 5.10 Å². The molecule has 3 aromatic rings. The van der Waals surface area contributed by atoms with Crippen LogP contribution in [0.2, 0.25) is 0 Å². The van der Waals surface area contributed by atoms with Crippen LogP contribution >= 0.6 is 0 Å². The van der Waals surface area contributed by atoms with E-state index in [1.54, 1.807) is 6.07 Å². The number of aromatic nitrogens is 3. The number of nitrogens with zero attached hydrogens (tertiary/aromatic N) is 3. The zero-order valence-electron chi connectivity index (χ0n) is 16.7. The lowest BCUT2D eigenvalue weighted by Crippen LogP contribution is -2.08. The molecule has 29 heavy (non-hydrogen) atoms. The fraction of sp³-hybridized carbons (Fsp3) is 0.208. The molecule has 0 aliphatic rings. The molecule has 0 amide bonds. The first-order valence-electron chi connectivity index (χ1n) is 9.69. The second-order valence-electron chi connectivity index (χ2n) is 6.70. The molecule has 0 unspecified atom stereocenters. The lowest BCUT2D eigenvalue weighted by Gasteiger charge is -2.10. The monoisotopic (exact) mass is 387 g/mol. The third-order valence-corrected chi connectivity index (χ3v) is 4.60. The summed E-state index contributed by atoms with van der Waals surface area (Å²) in [6.45, 7) is 4.42. The molecule has 0 bridgehead atoms. The molecular formula is C24H25N3O2. The molecule has 0 saturated carbocycles. The van der Waals surface area contributed by atoms with Gasteiger partial charge >= 0.3 is 5.97 Å². The number of allylic oxidation sites excluding steroid dienone is 4. The number of carbonyl (C=O) groups is 1. The van der Waals surface area contributed by atoms with Crippen molar-refractivity contribution in [2.24, 2.45) is 0 Å². The standard InChI is InChI=1S/C24H25N3O2/c1-3-5-12-22-25-23(13-6-4-2)27(26-22)17-18-14-15-20(21(16-18)24(28)29)19-10-8-7-9-11-19/h3-11,14-16H,12-13,17H2,1-2H3,(H,28,29)/b5-3+,6-4+. The summed E-state index contributed by atoms with van der Waals surface area (Å²) in [6.07, 6.45) is 9.40. The third-order valence-electron chi connectivity index (χ3n) is 4.60. The molecule has 0 fully saturated rings. The van der Waals surface area contributed by atoms with Crippen LogP contribution < -0.4 is 0 Å². The molecule has 0 atom stereocenters. The van der Waals surface area contributed by atoms with Crippen molar-refractivity contribution in [3.8, 4) is 11.1 Å². The highest BCUT2D eigenvalue weighted by molar-refractivity contribution is 5.96. The summed E-state index contributed by atoms with van der Waals surface area (Å²) >= 11 is 0. The molecule has 2 aromatic carbocycles. The highest BCUT2D eigenvalue weighted by Crippen LogP contribution is 2.25. The highest BCUT2D eigenvalue weighted by Gasteiger charge is 2.14. The van der Waals surface area contributed by atoms with Crippen molar-refractivity contribution in [1.29, 1.82) is 0 Å². The van der Waals surface area contributed by atoms with Crippen LogP contribution in [0.5, 0.6) is 0 Å². The molecule has 1 N–H and O–H groups in total. The van der Waals surface area contributed by atoms with Gasteiger partial charge in [0, 0.05) is 12.8 Å². The molecule has 0 spiro atoms. The Balaban J connectivity index is 1.94. The minimum Gasteiger partial charge on any atom is -0.478 e. The molecule has 0 aliphatic carbocycles. The van der Waals surface area contributed by atoms with Crippen molar-refractivity contribution >= 4 is 5.97 Å². The van der Waals surface area contributed by atoms with Crippen LogP contribution in [0.4, 0.5) is 0 Å². The Kier molecular flexibility index (Phi) is 6.74. The van der Waals surface area contributed by atoms with E-state index < -0.39 is 5.97 Å². The summed E-state index contributed by atoms with van der Waals surface area (Å²) in [5, 5.41) is 14.4. The Bertz CT molecular complexity index is 1030. The number of carboxylic acids is 1. The van der Waals surface area contributed by atoms with E-state index in [1.165, 1.54) is 0 Å². The summed E-state index contributed by atoms with van der Waals surface area (Å²) in [5.74, 6) is 0.695. The first-order chi connectivity index (χ1) is 14.1. The predicted octanol–water partition coefficient (Wildman–Crippen LogP) is 4.93. The number of hydrogen-bond donors (Lipinski definition) is 1. The molecule has 0 aliphatic heterocycles. The Morgan fingerprint density at radius 1 is 1.03 bits per heavy atom. The lowest BCUT2D eigenvalue weighted by atomic mass is 9.97. The van der Waals surface area contributed by atoms with Crippen molar-refractivity contribution in [1.82, 2.24) is 14.8 Å². The maximum atomic E-state index is 11.9. The molecule has 5 heteroatoms. The number of benzene rings is 2. The average Bonchev–Trinajstić information content (AvgIpc) is 3.12. The summed E-state index contributed by atoms with van der Waals surface area (Å²) in [4.78, 5) is 16.5. The van der Waals surface area contributed by atoms with Crippen LogP contribution in [0.25, 0.3) is 11.1 Å². The van der Waals surface area contributed by atoms with E-state index in [-0.39, 0.29) is 5.56 Å². The Hall–Kier alpha value is -3.47. The van der Waals surface area contributed by atoms with Crippen LogP contribution in [0.15, 0.2) is 72.8 Å². The van der Waals surface area contributed by atoms with E-state index in [0.29, 0.717) is 24.9 Å². The van der Waals surface area contributed by atoms with E-state index in [1.807, 2.05) is 85.3 Å². The maximum Gasteiger partial charge on any atom is 0.336 e. The SMILES string of the molecule is C/C=C/Cc1nc(C/C=C/C)n(Cc2ccc(-c3ccccc3)c(C(=O)O)c2)n1. The number of rotatable bonds is 8. The fourth-order valence-corrected chi connectivity index (χ4v) is 3.15. The van der Waals surface area contributed by atoms with Crippen molar-refractivity contribution in [3.63, 3.8) is 0 Å². The van der Waals surface area contributed by atoms with Crippen molar-refractivity contribution < 1.29 is 9.90 Å². The van der Waals surface area contributed by atoms with Gasteiger partial charge in [0.15, 0.2) is 5.82 Å². The fourth-order valence-electron chi connectivity index (χ4n) is 3.15. The van der Waals surface area contributed by atoms with Gasteiger partial charge < -0.3 is 5.11 Å². The molecule has 5 nitrogen and oxygen atoms in total. The van der Waals surface area contributed by atoms with E-state index in [4.69, 9.17) is 0 Å². The largest absolute Gasteiger partial charge is 0.478 e. The van der Waals surface area contributed by atoms with Gasteiger partial charge in [0.1, 0.15) is 5.82 Å². The van der Waals surface area contributed by atoms with Crippen LogP contribution in [-0.4, -0.2) is 25.8 Å². The Morgan fingerprint density at radius 3 is 2.45 bits per heavy atom. The summed E-state index contributed by atoms with van der Waals surface area (Å²) in [7, 11) is 0. The molecule has 1 heterocycles. The molecular weight excluding hydrogens is 362 g/mol. The predicted molar refractivity (Wildman–Crippen MR) is 115 cm³/mol. The van der Waals surface area contributed by atoms with Gasteiger partial charge in [-0.25, -0.2) is 14.5 Å². The minimum absolute atomic E-state index is 0.290. The number of carboxylic acid groups (broad SMARTS) is 1. The lowest BCUT2D eigenvalue weighted by molar-refractivity contribution is 0.0697. The molecule has 3 rings (SSSR count). The average molecular weight is 387 g/mol. The van der Waals surface area contributed by atoms with Gasteiger partial charge in [0.25, 0.3) is 0 Å². The van der Waals surface area contributed by atoms with Crippen LogP contribution in [-0.2, 0) is 19.4 Å². The van der Waals surface area contributed by atoms with Crippen LogP contribution in [0.3, 0.4) is 0 Å². The zero-order valence-corrected chi connectivity index (χ0v) is 16.7. The Morgan fingerprint density at radius 2 is 1.76 bits per heavy atom. The van der Waals surface area contributed by atoms with Crippen molar-refractivity contribution in [3.05, 3.63) is 95.6 Å². The van der Waals surface area contributed by atoms with E-state index in [9.17, 15) is 9.90 Å². The topological polar surface area (TPSA) is 68.0 Å². The summed E-state index contributed by atoms with van der Waals surface area (Å²) in [6, 6.07) is 15.1. The molecule has 0 radical (unpaired) electrons. The first kappa shape index (κ1) is 20.3. The Labute approximate surface area is 171 Å². The van der Waals surface area contributed by atoms with Gasteiger partial charge in [0.05, 0.1) is 12.1 Å². The second-order valence-corrected chi connectivity index (χ2v) is 6.70. The van der Waals surface area contributed by atoms with Crippen molar-refractivity contribution in [2.75, 3.05) is 0 Å². The van der Waals surface area contributed by atoms with Gasteiger partial charge in [-0.05, 0) is 36.6 Å². The smallest absolute Gasteiger partial charge is 0.336 e. The first-order valence-corrected chi connectivity index (χ1v) is 9.69. The van der Waals surface area contributed by atoms with Gasteiger partial charge in [0.2, 0.25) is 0 Å². The summed E-state index contributed by atoms with van der Waals surface area (Å²) < 4.78 is 1.86. The molecule has 148 valence electrons. The minimum atomic E-state index is -0.938. The maximum absolute atomic E-state index is 11.9. The van der Waals surface area contributed by atoms with Gasteiger partial charge in [-0.15, -0.1) is 0 Å². The summed E-state index contributed by atoms with van der Waals surface area (Å²) in [5.41, 5.74) is 2.77. The number of hydrogen-bond acceptors (Lipinski definition) is 3. The second kappa shape index (κ2) is 9.64. The van der Waals surface area contributed by atoms with Crippen LogP contribution in [0, 0.1) is 0 Å². The van der Waals surface area contributed by atoms with Gasteiger partial charge in [-0.1, -0.05) is 66.8 Å². The van der Waals surface area contributed by atoms with E-state index in [2.05, 4.69) is 10.1 Å². The number of aromatic carboxylic acids is 1.